The molecule has 0 amide bonds. The number of ether oxygens (including phenoxy) is 2. The lowest BCUT2D eigenvalue weighted by Crippen LogP contribution is -2.43. The molecule has 0 saturated heterocycles. The molecule has 0 radical (unpaired) electrons. The number of carbonyl (C=O) groups excluding carboxylic acids is 2. The minimum Gasteiger partial charge on any atom is -0.465 e. The summed E-state index contributed by atoms with van der Waals surface area (Å²) in [6.45, 7) is 5.26. The highest BCUT2D eigenvalue weighted by Crippen LogP contribution is 2.29. The Morgan fingerprint density at radius 1 is 1.29 bits per heavy atom. The Balaban J connectivity index is 3.09. The molecule has 0 N–H and O–H groups in total. The summed E-state index contributed by atoms with van der Waals surface area (Å²) in [6.07, 6.45) is 1.54. The molecule has 0 saturated carbocycles. The Hall–Kier alpha value is -1.43. The lowest BCUT2D eigenvalue weighted by molar-refractivity contribution is -0.163. The average Bonchev–Trinajstić information content (AvgIpc) is 2.82. The van der Waals surface area contributed by atoms with Gasteiger partial charge in [-0.1, -0.05) is 0 Å². The van der Waals surface area contributed by atoms with Crippen molar-refractivity contribution in [3.8, 4) is 0 Å². The van der Waals surface area contributed by atoms with Crippen molar-refractivity contribution >= 4 is 23.3 Å². The molecule has 0 bridgehead atoms. The molecule has 6 heteroatoms. The van der Waals surface area contributed by atoms with Gasteiger partial charge in [-0.05, 0) is 20.8 Å². The van der Waals surface area contributed by atoms with Gasteiger partial charge in [-0.15, -0.1) is 11.3 Å². The highest BCUT2D eigenvalue weighted by molar-refractivity contribution is 7.10. The first-order chi connectivity index (χ1) is 8.07. The molecule has 0 fully saturated rings. The Bertz CT molecular complexity index is 370. The molecular formula is C11H15NO4S. The van der Waals surface area contributed by atoms with E-state index in [-0.39, 0.29) is 13.2 Å². The Kier molecular flexibility index (Phi) is 4.62. The van der Waals surface area contributed by atoms with Crippen molar-refractivity contribution in [2.75, 3.05) is 13.2 Å². The van der Waals surface area contributed by atoms with Gasteiger partial charge in [0.25, 0.3) is 0 Å². The van der Waals surface area contributed by atoms with Gasteiger partial charge >= 0.3 is 11.9 Å². The van der Waals surface area contributed by atoms with Crippen molar-refractivity contribution in [1.29, 1.82) is 0 Å². The van der Waals surface area contributed by atoms with Crippen molar-refractivity contribution in [3.63, 3.8) is 0 Å². The molecule has 1 rings (SSSR count). The first-order valence-corrected chi connectivity index (χ1v) is 6.19. The van der Waals surface area contributed by atoms with Crippen LogP contribution < -0.4 is 0 Å². The highest BCUT2D eigenvalue weighted by atomic mass is 32.1. The first-order valence-electron chi connectivity index (χ1n) is 5.31. The first kappa shape index (κ1) is 13.6. The van der Waals surface area contributed by atoms with E-state index in [2.05, 4.69) is 4.98 Å². The molecule has 1 aromatic rings. The maximum Gasteiger partial charge on any atom is 0.330 e. The van der Waals surface area contributed by atoms with Crippen LogP contribution >= 0.6 is 11.3 Å². The number of thiazole rings is 1. The van der Waals surface area contributed by atoms with Gasteiger partial charge < -0.3 is 9.47 Å². The zero-order valence-corrected chi connectivity index (χ0v) is 10.9. The number of nitrogens with zero attached hydrogens (tertiary/aromatic N) is 1. The van der Waals surface area contributed by atoms with E-state index in [1.165, 1.54) is 24.5 Å². The molecule has 0 unspecified atom stereocenters. The summed E-state index contributed by atoms with van der Waals surface area (Å²) in [6, 6.07) is 0. The summed E-state index contributed by atoms with van der Waals surface area (Å²) in [5.41, 5.74) is -1.47. The van der Waals surface area contributed by atoms with Gasteiger partial charge in [-0.3, -0.25) is 9.59 Å². The van der Waals surface area contributed by atoms with Gasteiger partial charge in [-0.25, -0.2) is 4.98 Å². The molecule has 1 heterocycles. The third-order valence-electron chi connectivity index (χ3n) is 2.23. The molecular weight excluding hydrogens is 242 g/mol. The van der Waals surface area contributed by atoms with Gasteiger partial charge in [0.05, 0.1) is 13.2 Å². The second kappa shape index (κ2) is 5.77. The monoisotopic (exact) mass is 257 g/mol. The number of esters is 2. The molecule has 0 spiro atoms. The summed E-state index contributed by atoms with van der Waals surface area (Å²) in [4.78, 5) is 27.9. The Morgan fingerprint density at radius 2 is 1.82 bits per heavy atom. The van der Waals surface area contributed by atoms with Crippen molar-refractivity contribution in [2.24, 2.45) is 0 Å². The van der Waals surface area contributed by atoms with Crippen LogP contribution in [-0.4, -0.2) is 30.1 Å². The highest BCUT2D eigenvalue weighted by Gasteiger charge is 2.48. The quantitative estimate of drug-likeness (QED) is 0.591. The van der Waals surface area contributed by atoms with Crippen molar-refractivity contribution in [1.82, 2.24) is 4.98 Å². The van der Waals surface area contributed by atoms with Crippen molar-refractivity contribution < 1.29 is 19.1 Å². The number of hydrogen-bond acceptors (Lipinski definition) is 6. The van der Waals surface area contributed by atoms with Crippen molar-refractivity contribution in [3.05, 3.63) is 16.6 Å². The Morgan fingerprint density at radius 3 is 2.18 bits per heavy atom. The number of carbonyl (C=O) groups is 2. The van der Waals surface area contributed by atoms with Gasteiger partial charge in [0, 0.05) is 11.6 Å². The minimum atomic E-state index is -1.47. The van der Waals surface area contributed by atoms with Gasteiger partial charge in [0.2, 0.25) is 5.41 Å². The molecule has 17 heavy (non-hydrogen) atoms. The van der Waals surface area contributed by atoms with Crippen LogP contribution in [0.15, 0.2) is 11.6 Å². The molecule has 0 aliphatic heterocycles. The SMILES string of the molecule is CCOC(=O)C(C)(C(=O)OCC)c1nccs1. The minimum absolute atomic E-state index is 0.208. The molecule has 0 aliphatic rings. The summed E-state index contributed by atoms with van der Waals surface area (Å²) in [7, 11) is 0. The maximum absolute atomic E-state index is 11.9. The molecule has 1 aromatic heterocycles. The van der Waals surface area contributed by atoms with E-state index in [1.54, 1.807) is 19.2 Å². The van der Waals surface area contributed by atoms with Gasteiger partial charge in [-0.2, -0.15) is 0 Å². The molecule has 0 aromatic carbocycles. The van der Waals surface area contributed by atoms with E-state index in [9.17, 15) is 9.59 Å². The van der Waals surface area contributed by atoms with Crippen LogP contribution in [0.1, 0.15) is 25.8 Å². The number of hydrogen-bond donors (Lipinski definition) is 0. The van der Waals surface area contributed by atoms with Crippen LogP contribution in [0.25, 0.3) is 0 Å². The van der Waals surface area contributed by atoms with E-state index in [0.717, 1.165) is 0 Å². The average molecular weight is 257 g/mol. The molecule has 94 valence electrons. The van der Waals surface area contributed by atoms with E-state index in [1.807, 2.05) is 0 Å². The second-order valence-corrected chi connectivity index (χ2v) is 4.30. The predicted octanol–water partition coefficient (Wildman–Crippen LogP) is 1.53. The molecule has 5 nitrogen and oxygen atoms in total. The fraction of sp³-hybridized carbons (Fsp3) is 0.545. The molecule has 0 aliphatic carbocycles. The van der Waals surface area contributed by atoms with E-state index < -0.39 is 17.4 Å². The van der Waals surface area contributed by atoms with Crippen LogP contribution in [-0.2, 0) is 24.5 Å². The summed E-state index contributed by atoms with van der Waals surface area (Å²) in [5, 5.41) is 2.08. The third kappa shape index (κ3) is 2.63. The molecule has 0 atom stereocenters. The van der Waals surface area contributed by atoms with Gasteiger partial charge in [0.1, 0.15) is 5.01 Å². The fourth-order valence-corrected chi connectivity index (χ4v) is 2.05. The zero-order valence-electron chi connectivity index (χ0n) is 10.1. The van der Waals surface area contributed by atoms with Crippen LogP contribution in [0.5, 0.6) is 0 Å². The lowest BCUT2D eigenvalue weighted by atomic mass is 9.92. The third-order valence-corrected chi connectivity index (χ3v) is 3.22. The summed E-state index contributed by atoms with van der Waals surface area (Å²) >= 11 is 1.23. The van der Waals surface area contributed by atoms with Gasteiger partial charge in [0.15, 0.2) is 0 Å². The predicted molar refractivity (Wildman–Crippen MR) is 62.7 cm³/mol. The fourth-order valence-electron chi connectivity index (χ4n) is 1.28. The van der Waals surface area contributed by atoms with E-state index >= 15 is 0 Å². The lowest BCUT2D eigenvalue weighted by Gasteiger charge is -2.22. The topological polar surface area (TPSA) is 65.5 Å². The number of rotatable bonds is 5. The smallest absolute Gasteiger partial charge is 0.330 e. The zero-order chi connectivity index (χ0) is 12.9. The van der Waals surface area contributed by atoms with Crippen LogP contribution in [0.2, 0.25) is 0 Å². The Labute approximate surface area is 104 Å². The van der Waals surface area contributed by atoms with E-state index in [0.29, 0.717) is 5.01 Å². The van der Waals surface area contributed by atoms with Crippen LogP contribution in [0.4, 0.5) is 0 Å². The standard InChI is InChI=1S/C11H15NO4S/c1-4-15-9(13)11(3,10(14)16-5-2)8-12-6-7-17-8/h6-7H,4-5H2,1-3H3. The van der Waals surface area contributed by atoms with Crippen molar-refractivity contribution in [2.45, 2.75) is 26.2 Å². The number of aromatic nitrogens is 1. The largest absolute Gasteiger partial charge is 0.465 e. The van der Waals surface area contributed by atoms with Crippen LogP contribution in [0, 0.1) is 0 Å². The summed E-state index contributed by atoms with van der Waals surface area (Å²) in [5.74, 6) is -1.26. The van der Waals surface area contributed by atoms with Crippen LogP contribution in [0.3, 0.4) is 0 Å². The normalized spacial score (nSPS) is 11.0. The van der Waals surface area contributed by atoms with E-state index in [4.69, 9.17) is 9.47 Å². The maximum atomic E-state index is 11.9. The second-order valence-electron chi connectivity index (χ2n) is 3.40. The summed E-state index contributed by atoms with van der Waals surface area (Å²) < 4.78 is 9.85.